The summed E-state index contributed by atoms with van der Waals surface area (Å²) >= 11 is 0. The number of piperidine rings is 1. The van der Waals surface area contributed by atoms with E-state index >= 15 is 0 Å². The summed E-state index contributed by atoms with van der Waals surface area (Å²) < 4.78 is 5.51. The van der Waals surface area contributed by atoms with E-state index in [0.29, 0.717) is 25.6 Å². The van der Waals surface area contributed by atoms with Crippen LogP contribution in [0.5, 0.6) is 0 Å². The zero-order chi connectivity index (χ0) is 23.0. The largest absolute Gasteiger partial charge is 0.444 e. The molecule has 32 heavy (non-hydrogen) atoms. The fourth-order valence-electron chi connectivity index (χ4n) is 3.59. The average molecular weight is 561 g/mol. The quantitative estimate of drug-likeness (QED) is 0.183. The predicted octanol–water partition coefficient (Wildman–Crippen LogP) is 4.26. The molecule has 180 valence electrons. The number of amides is 1. The van der Waals surface area contributed by atoms with E-state index < -0.39 is 5.60 Å². The van der Waals surface area contributed by atoms with Crippen LogP contribution in [0.3, 0.4) is 0 Å². The summed E-state index contributed by atoms with van der Waals surface area (Å²) in [4.78, 5) is 31.3. The fraction of sp³-hybridized carbons (Fsp3) is 0.636. The van der Waals surface area contributed by atoms with E-state index in [1.54, 1.807) is 24.1 Å². The van der Waals surface area contributed by atoms with Gasteiger partial charge in [0.05, 0.1) is 4.92 Å². The topological polar surface area (TPSA) is 100 Å². The molecule has 1 fully saturated rings. The number of hydrogen-bond acceptors (Lipinski definition) is 5. The molecular weight excluding hydrogens is 525 g/mol. The van der Waals surface area contributed by atoms with Crippen molar-refractivity contribution in [2.24, 2.45) is 10.9 Å². The lowest BCUT2D eigenvalue weighted by atomic mass is 9.96. The molecule has 10 heteroatoms. The van der Waals surface area contributed by atoms with Crippen molar-refractivity contribution < 1.29 is 14.5 Å². The van der Waals surface area contributed by atoms with Crippen molar-refractivity contribution in [3.8, 4) is 0 Å². The number of non-ortho nitro benzene ring substituents is 1. The maximum absolute atomic E-state index is 12.4. The lowest BCUT2D eigenvalue weighted by Crippen LogP contribution is -2.47. The van der Waals surface area contributed by atoms with Crippen LogP contribution in [0, 0.1) is 16.0 Å². The van der Waals surface area contributed by atoms with Gasteiger partial charge in [0, 0.05) is 51.9 Å². The molecule has 0 atom stereocenters. The molecule has 9 nitrogen and oxygen atoms in total. The summed E-state index contributed by atoms with van der Waals surface area (Å²) in [5.41, 5.74) is 0.423. The molecule has 0 saturated carbocycles. The van der Waals surface area contributed by atoms with Gasteiger partial charge in [-0.25, -0.2) is 4.79 Å². The number of benzene rings is 1. The lowest BCUT2D eigenvalue weighted by molar-refractivity contribution is -0.384. The summed E-state index contributed by atoms with van der Waals surface area (Å²) in [6.07, 6.45) is 1.65. The number of nitro benzene ring substituents is 1. The predicted molar refractivity (Wildman–Crippen MR) is 136 cm³/mol. The highest BCUT2D eigenvalue weighted by Gasteiger charge is 2.27. The highest BCUT2D eigenvalue weighted by Crippen LogP contribution is 2.20. The highest BCUT2D eigenvalue weighted by atomic mass is 127. The standard InChI is InChI=1S/C22H35N5O4.HI/c1-6-25(21(28)31-22(2,3)4)16-17-10-12-26(13-11-17)20(23-5)24-15-18-8-7-9-19(14-18)27(29)30;/h7-9,14,17H,6,10-13,15-16H2,1-5H3,(H,23,24);1H. The van der Waals surface area contributed by atoms with Crippen molar-refractivity contribution in [2.75, 3.05) is 33.2 Å². The number of aliphatic imine (C=N–C) groups is 1. The first-order valence-electron chi connectivity index (χ1n) is 10.8. The molecular formula is C22H36IN5O4. The number of hydrogen-bond donors (Lipinski definition) is 1. The number of nitro groups is 1. The number of guanidine groups is 1. The molecule has 0 spiro atoms. The van der Waals surface area contributed by atoms with Crippen LogP contribution in [0.4, 0.5) is 10.5 Å². The number of nitrogens with zero attached hydrogens (tertiary/aromatic N) is 4. The summed E-state index contributed by atoms with van der Waals surface area (Å²) in [6, 6.07) is 6.60. The van der Waals surface area contributed by atoms with E-state index in [2.05, 4.69) is 15.2 Å². The Labute approximate surface area is 207 Å². The van der Waals surface area contributed by atoms with Gasteiger partial charge in [-0.3, -0.25) is 15.1 Å². The Morgan fingerprint density at radius 2 is 2.00 bits per heavy atom. The third-order valence-electron chi connectivity index (χ3n) is 5.21. The Balaban J connectivity index is 0.00000512. The number of carbonyl (C=O) groups excluding carboxylic acids is 1. The van der Waals surface area contributed by atoms with Gasteiger partial charge >= 0.3 is 6.09 Å². The van der Waals surface area contributed by atoms with Crippen molar-refractivity contribution in [3.05, 3.63) is 39.9 Å². The molecule has 1 saturated heterocycles. The Morgan fingerprint density at radius 3 is 2.53 bits per heavy atom. The maximum Gasteiger partial charge on any atom is 0.410 e. The molecule has 1 aromatic carbocycles. The highest BCUT2D eigenvalue weighted by molar-refractivity contribution is 14.0. The van der Waals surface area contributed by atoms with E-state index in [1.807, 2.05) is 33.8 Å². The first kappa shape index (κ1) is 27.9. The third-order valence-corrected chi connectivity index (χ3v) is 5.21. The zero-order valence-corrected chi connectivity index (χ0v) is 22.0. The number of likely N-dealkylation sites (tertiary alicyclic amines) is 1. The van der Waals surface area contributed by atoms with Crippen LogP contribution in [0.1, 0.15) is 46.1 Å². The number of nitrogens with one attached hydrogen (secondary N) is 1. The normalized spacial score (nSPS) is 15.0. The first-order chi connectivity index (χ1) is 14.6. The molecule has 1 aliphatic heterocycles. The van der Waals surface area contributed by atoms with Crippen molar-refractivity contribution >= 4 is 41.7 Å². The Morgan fingerprint density at radius 1 is 1.34 bits per heavy atom. The molecule has 0 radical (unpaired) electrons. The van der Waals surface area contributed by atoms with Gasteiger partial charge in [-0.15, -0.1) is 24.0 Å². The number of carbonyl (C=O) groups is 1. The second-order valence-corrected chi connectivity index (χ2v) is 8.78. The Kier molecular flexibility index (Phi) is 11.2. The van der Waals surface area contributed by atoms with Gasteiger partial charge < -0.3 is 19.9 Å². The molecule has 0 unspecified atom stereocenters. The smallest absolute Gasteiger partial charge is 0.410 e. The molecule has 1 heterocycles. The molecule has 2 rings (SSSR count). The van der Waals surface area contributed by atoms with E-state index in [9.17, 15) is 14.9 Å². The maximum atomic E-state index is 12.4. The summed E-state index contributed by atoms with van der Waals surface area (Å²) in [5, 5.41) is 14.3. The second-order valence-electron chi connectivity index (χ2n) is 8.78. The lowest BCUT2D eigenvalue weighted by Gasteiger charge is -2.36. The zero-order valence-electron chi connectivity index (χ0n) is 19.7. The number of ether oxygens (including phenoxy) is 1. The van der Waals surface area contributed by atoms with Crippen LogP contribution >= 0.6 is 24.0 Å². The Bertz CT molecular complexity index is 789. The second kappa shape index (κ2) is 12.8. The van der Waals surface area contributed by atoms with Gasteiger partial charge in [-0.2, -0.15) is 0 Å². The van der Waals surface area contributed by atoms with Gasteiger partial charge in [0.25, 0.3) is 5.69 Å². The monoisotopic (exact) mass is 561 g/mol. The average Bonchev–Trinajstić information content (AvgIpc) is 2.72. The van der Waals surface area contributed by atoms with E-state index in [0.717, 1.165) is 37.5 Å². The molecule has 1 aliphatic rings. The first-order valence-corrected chi connectivity index (χ1v) is 10.8. The van der Waals surface area contributed by atoms with Crippen LogP contribution in [-0.4, -0.2) is 65.6 Å². The Hall–Kier alpha value is -2.11. The SMILES string of the molecule is CCN(CC1CCN(C(=NC)NCc2cccc([N+](=O)[O-])c2)CC1)C(=O)OC(C)(C)C.I. The van der Waals surface area contributed by atoms with Crippen molar-refractivity contribution in [3.63, 3.8) is 0 Å². The van der Waals surface area contributed by atoms with Crippen molar-refractivity contribution in [1.82, 2.24) is 15.1 Å². The van der Waals surface area contributed by atoms with Gasteiger partial charge in [-0.1, -0.05) is 12.1 Å². The minimum Gasteiger partial charge on any atom is -0.444 e. The summed E-state index contributed by atoms with van der Waals surface area (Å²) in [5.74, 6) is 1.20. The summed E-state index contributed by atoms with van der Waals surface area (Å²) in [7, 11) is 1.74. The minimum absolute atomic E-state index is 0. The van der Waals surface area contributed by atoms with E-state index in [1.165, 1.54) is 6.07 Å². The van der Waals surface area contributed by atoms with Crippen LogP contribution in [0.2, 0.25) is 0 Å². The molecule has 0 bridgehead atoms. The number of halogens is 1. The van der Waals surface area contributed by atoms with Gasteiger partial charge in [-0.05, 0) is 52.0 Å². The molecule has 1 amide bonds. The summed E-state index contributed by atoms with van der Waals surface area (Å²) in [6.45, 7) is 11.1. The van der Waals surface area contributed by atoms with Crippen LogP contribution in [0.25, 0.3) is 0 Å². The van der Waals surface area contributed by atoms with Gasteiger partial charge in [0.2, 0.25) is 0 Å². The van der Waals surface area contributed by atoms with Crippen LogP contribution in [0.15, 0.2) is 29.3 Å². The van der Waals surface area contributed by atoms with Crippen molar-refractivity contribution in [2.45, 2.75) is 52.7 Å². The molecule has 1 N–H and O–H groups in total. The minimum atomic E-state index is -0.495. The van der Waals surface area contributed by atoms with Gasteiger partial charge in [0.15, 0.2) is 5.96 Å². The third kappa shape index (κ3) is 8.79. The van der Waals surface area contributed by atoms with Crippen LogP contribution in [-0.2, 0) is 11.3 Å². The number of rotatable bonds is 6. The fourth-order valence-corrected chi connectivity index (χ4v) is 3.59. The van der Waals surface area contributed by atoms with Crippen molar-refractivity contribution in [1.29, 1.82) is 0 Å². The molecule has 0 aliphatic carbocycles. The van der Waals surface area contributed by atoms with Crippen LogP contribution < -0.4 is 5.32 Å². The van der Waals surface area contributed by atoms with E-state index in [-0.39, 0.29) is 40.7 Å². The molecule has 1 aromatic rings. The molecule has 0 aromatic heterocycles. The van der Waals surface area contributed by atoms with E-state index in [4.69, 9.17) is 4.74 Å². The van der Waals surface area contributed by atoms with Gasteiger partial charge in [0.1, 0.15) is 5.60 Å².